The minimum atomic E-state index is -0.698. The first-order valence-electron chi connectivity index (χ1n) is 10.6. The Balaban J connectivity index is 1.62. The van der Waals surface area contributed by atoms with Gasteiger partial charge in [0.25, 0.3) is 0 Å². The predicted octanol–water partition coefficient (Wildman–Crippen LogP) is 5.07. The zero-order valence-electron chi connectivity index (χ0n) is 19.2. The summed E-state index contributed by atoms with van der Waals surface area (Å²) in [5.41, 5.74) is 0.450. The molecular weight excluding hydrogens is 396 g/mol. The van der Waals surface area contributed by atoms with Crippen LogP contribution in [0, 0.1) is 5.92 Å². The fourth-order valence-corrected chi connectivity index (χ4v) is 3.38. The van der Waals surface area contributed by atoms with Gasteiger partial charge in [0.15, 0.2) is 0 Å². The van der Waals surface area contributed by atoms with Gasteiger partial charge in [0.05, 0.1) is 17.9 Å². The number of hydrogen-bond donors (Lipinski definition) is 0. The first-order chi connectivity index (χ1) is 14.4. The highest BCUT2D eigenvalue weighted by molar-refractivity contribution is 5.88. The summed E-state index contributed by atoms with van der Waals surface area (Å²) >= 11 is 0. The second-order valence-electron chi connectivity index (χ2n) is 9.99. The molecule has 1 aliphatic carbocycles. The van der Waals surface area contributed by atoms with E-state index in [4.69, 9.17) is 9.47 Å². The maximum Gasteiger partial charge on any atom is 0.419 e. The van der Waals surface area contributed by atoms with Gasteiger partial charge in [0, 0.05) is 24.5 Å². The molecule has 168 valence electrons. The van der Waals surface area contributed by atoms with Crippen LogP contribution < -0.4 is 0 Å². The molecule has 0 spiro atoms. The molecule has 1 aliphatic rings. The summed E-state index contributed by atoms with van der Waals surface area (Å²) in [4.78, 5) is 30.7. The van der Waals surface area contributed by atoms with Gasteiger partial charge >= 0.3 is 12.2 Å². The summed E-state index contributed by atoms with van der Waals surface area (Å²) in [6.07, 6.45) is 5.82. The molecule has 2 amide bonds. The van der Waals surface area contributed by atoms with Crippen LogP contribution in [0.4, 0.5) is 9.59 Å². The lowest BCUT2D eigenvalue weighted by molar-refractivity contribution is -0.00640. The number of carbonyl (C=O) groups is 2. The molecule has 0 radical (unpaired) electrons. The van der Waals surface area contributed by atoms with Gasteiger partial charge in [-0.2, -0.15) is 5.10 Å². The Labute approximate surface area is 183 Å². The van der Waals surface area contributed by atoms with Gasteiger partial charge in [0.1, 0.15) is 11.2 Å². The molecule has 0 aliphatic heterocycles. The average Bonchev–Trinajstić information content (AvgIpc) is 3.07. The Hall–Kier alpha value is -2.90. The van der Waals surface area contributed by atoms with E-state index in [0.717, 1.165) is 29.0 Å². The van der Waals surface area contributed by atoms with Gasteiger partial charge in [-0.05, 0) is 72.4 Å². The van der Waals surface area contributed by atoms with Gasteiger partial charge < -0.3 is 9.47 Å². The third-order valence-electron chi connectivity index (χ3n) is 4.82. The van der Waals surface area contributed by atoms with Gasteiger partial charge in [-0.25, -0.2) is 14.5 Å². The van der Waals surface area contributed by atoms with Gasteiger partial charge in [0.2, 0.25) is 0 Å². The fourth-order valence-electron chi connectivity index (χ4n) is 3.38. The van der Waals surface area contributed by atoms with E-state index in [9.17, 15) is 9.59 Å². The summed E-state index contributed by atoms with van der Waals surface area (Å²) in [7, 11) is 0. The van der Waals surface area contributed by atoms with Crippen LogP contribution in [0.25, 0.3) is 11.3 Å². The third-order valence-corrected chi connectivity index (χ3v) is 4.82. The molecular formula is C23H32N4O4. The highest BCUT2D eigenvalue weighted by Crippen LogP contribution is 2.38. The molecule has 0 N–H and O–H groups in total. The molecule has 2 aromatic heterocycles. The molecule has 0 aromatic carbocycles. The molecule has 1 fully saturated rings. The molecule has 31 heavy (non-hydrogen) atoms. The fraction of sp³-hybridized carbons (Fsp3) is 0.565. The van der Waals surface area contributed by atoms with E-state index in [1.165, 1.54) is 0 Å². The minimum absolute atomic E-state index is 0.160. The molecule has 0 saturated heterocycles. The Kier molecular flexibility index (Phi) is 6.38. The van der Waals surface area contributed by atoms with Crippen molar-refractivity contribution in [2.45, 2.75) is 71.6 Å². The predicted molar refractivity (Wildman–Crippen MR) is 116 cm³/mol. The Bertz CT molecular complexity index is 878. The number of aromatic nitrogens is 3. The second kappa shape index (κ2) is 8.69. The molecule has 1 saturated carbocycles. The summed E-state index contributed by atoms with van der Waals surface area (Å²) in [6, 6.07) is 6.00. The minimum Gasteiger partial charge on any atom is -0.443 e. The van der Waals surface area contributed by atoms with Crippen molar-refractivity contribution < 1.29 is 19.1 Å². The standard InChI is InChI=1S/C23H32N4O4/c1-22(2,3)30-20(28)26(21(29)31-23(4,5)6)14-16-11-18(12-16)27-15-17(13-25-27)19-9-7-8-10-24-19/h7-10,13,15-16,18H,11-12,14H2,1-6H3/t16-,18+. The quantitative estimate of drug-likeness (QED) is 0.676. The summed E-state index contributed by atoms with van der Waals surface area (Å²) in [5, 5.41) is 4.48. The van der Waals surface area contributed by atoms with E-state index >= 15 is 0 Å². The van der Waals surface area contributed by atoms with E-state index in [0.29, 0.717) is 0 Å². The Morgan fingerprint density at radius 1 is 1.06 bits per heavy atom. The Morgan fingerprint density at radius 2 is 1.68 bits per heavy atom. The highest BCUT2D eigenvalue weighted by Gasteiger charge is 2.38. The number of amides is 2. The lowest BCUT2D eigenvalue weighted by atomic mass is 9.80. The monoisotopic (exact) mass is 428 g/mol. The van der Waals surface area contributed by atoms with Crippen molar-refractivity contribution in [3.05, 3.63) is 36.8 Å². The van der Waals surface area contributed by atoms with Gasteiger partial charge in [-0.15, -0.1) is 0 Å². The van der Waals surface area contributed by atoms with E-state index in [1.807, 2.05) is 35.3 Å². The SMILES string of the molecule is CC(C)(C)OC(=O)N(C[C@H]1C[C@@H](n2cc(-c3ccccn3)cn2)C1)C(=O)OC(C)(C)C. The molecule has 0 bridgehead atoms. The molecule has 8 nitrogen and oxygen atoms in total. The lowest BCUT2D eigenvalue weighted by Crippen LogP contribution is -2.47. The van der Waals surface area contributed by atoms with E-state index in [-0.39, 0.29) is 18.5 Å². The number of carbonyl (C=O) groups excluding carboxylic acids is 2. The number of nitrogens with zero attached hydrogens (tertiary/aromatic N) is 4. The zero-order chi connectivity index (χ0) is 22.8. The molecule has 0 atom stereocenters. The van der Waals surface area contributed by atoms with Crippen LogP contribution in [0.3, 0.4) is 0 Å². The van der Waals surface area contributed by atoms with Crippen LogP contribution in [-0.4, -0.2) is 49.6 Å². The largest absolute Gasteiger partial charge is 0.443 e. The lowest BCUT2D eigenvalue weighted by Gasteiger charge is -2.38. The maximum atomic E-state index is 12.7. The number of hydrogen-bond acceptors (Lipinski definition) is 6. The zero-order valence-corrected chi connectivity index (χ0v) is 19.2. The topological polar surface area (TPSA) is 86.5 Å². The number of rotatable bonds is 4. The van der Waals surface area contributed by atoms with Crippen molar-refractivity contribution in [1.29, 1.82) is 0 Å². The molecule has 3 rings (SSSR count). The van der Waals surface area contributed by atoms with Crippen molar-refractivity contribution in [2.75, 3.05) is 6.54 Å². The van der Waals surface area contributed by atoms with Crippen LogP contribution in [0.1, 0.15) is 60.4 Å². The van der Waals surface area contributed by atoms with Crippen molar-refractivity contribution in [3.8, 4) is 11.3 Å². The van der Waals surface area contributed by atoms with Crippen LogP contribution >= 0.6 is 0 Å². The summed E-state index contributed by atoms with van der Waals surface area (Å²) in [6.45, 7) is 10.9. The van der Waals surface area contributed by atoms with Crippen molar-refractivity contribution >= 4 is 12.2 Å². The molecule has 2 heterocycles. The van der Waals surface area contributed by atoms with E-state index in [2.05, 4.69) is 10.1 Å². The number of ether oxygens (including phenoxy) is 2. The average molecular weight is 429 g/mol. The van der Waals surface area contributed by atoms with Crippen LogP contribution in [0.2, 0.25) is 0 Å². The second-order valence-corrected chi connectivity index (χ2v) is 9.99. The number of imide groups is 1. The van der Waals surface area contributed by atoms with Crippen LogP contribution in [0.15, 0.2) is 36.8 Å². The van der Waals surface area contributed by atoms with E-state index in [1.54, 1.807) is 47.7 Å². The first kappa shape index (κ1) is 22.8. The van der Waals surface area contributed by atoms with Crippen molar-refractivity contribution in [2.24, 2.45) is 5.92 Å². The Morgan fingerprint density at radius 3 is 2.19 bits per heavy atom. The van der Waals surface area contributed by atoms with E-state index < -0.39 is 23.4 Å². The van der Waals surface area contributed by atoms with Gasteiger partial charge in [-0.1, -0.05) is 6.07 Å². The van der Waals surface area contributed by atoms with Gasteiger partial charge in [-0.3, -0.25) is 9.67 Å². The van der Waals surface area contributed by atoms with Crippen molar-refractivity contribution in [3.63, 3.8) is 0 Å². The molecule has 8 heteroatoms. The summed E-state index contributed by atoms with van der Waals surface area (Å²) in [5.74, 6) is 0.160. The number of pyridine rings is 1. The van der Waals surface area contributed by atoms with Crippen LogP contribution in [-0.2, 0) is 9.47 Å². The maximum absolute atomic E-state index is 12.7. The summed E-state index contributed by atoms with van der Waals surface area (Å²) < 4.78 is 12.8. The first-order valence-corrected chi connectivity index (χ1v) is 10.6. The normalized spacial score (nSPS) is 18.8. The van der Waals surface area contributed by atoms with Crippen LogP contribution in [0.5, 0.6) is 0 Å². The smallest absolute Gasteiger partial charge is 0.419 e. The third kappa shape index (κ3) is 6.29. The molecule has 2 aromatic rings. The highest BCUT2D eigenvalue weighted by atomic mass is 16.6. The van der Waals surface area contributed by atoms with Crippen molar-refractivity contribution in [1.82, 2.24) is 19.7 Å². The molecule has 0 unspecified atom stereocenters.